The van der Waals surface area contributed by atoms with Crippen molar-refractivity contribution in [2.45, 2.75) is 25.8 Å². The van der Waals surface area contributed by atoms with Gasteiger partial charge in [0.25, 0.3) is 0 Å². The Bertz CT molecular complexity index is 328. The molecule has 1 atom stereocenters. The molecule has 2 rings (SSSR count). The summed E-state index contributed by atoms with van der Waals surface area (Å²) in [6.45, 7) is 6.08. The van der Waals surface area contributed by atoms with E-state index >= 15 is 0 Å². The molecule has 0 aromatic heterocycles. The molecule has 0 saturated heterocycles. The van der Waals surface area contributed by atoms with E-state index in [9.17, 15) is 0 Å². The Morgan fingerprint density at radius 3 is 3.00 bits per heavy atom. The van der Waals surface area contributed by atoms with Gasteiger partial charge in [0, 0.05) is 11.7 Å². The van der Waals surface area contributed by atoms with Gasteiger partial charge in [-0.1, -0.05) is 30.4 Å². The summed E-state index contributed by atoms with van der Waals surface area (Å²) in [7, 11) is 0. The summed E-state index contributed by atoms with van der Waals surface area (Å²) in [4.78, 5) is 0. The zero-order chi connectivity index (χ0) is 9.26. The molecule has 1 heterocycles. The SMILES string of the molecule is C=C(C)[C@H]1CCc2ccccc2N1. The highest BCUT2D eigenvalue weighted by atomic mass is 14.9. The predicted molar refractivity (Wildman–Crippen MR) is 57.0 cm³/mol. The van der Waals surface area contributed by atoms with E-state index in [1.165, 1.54) is 29.7 Å². The van der Waals surface area contributed by atoms with Crippen LogP contribution in [0.15, 0.2) is 36.4 Å². The molecule has 1 aromatic rings. The summed E-state index contributed by atoms with van der Waals surface area (Å²) in [6, 6.07) is 8.98. The van der Waals surface area contributed by atoms with Gasteiger partial charge in [-0.2, -0.15) is 0 Å². The van der Waals surface area contributed by atoms with Crippen LogP contribution in [-0.4, -0.2) is 6.04 Å². The van der Waals surface area contributed by atoms with Crippen LogP contribution < -0.4 is 5.32 Å². The lowest BCUT2D eigenvalue weighted by Gasteiger charge is -2.27. The minimum Gasteiger partial charge on any atom is -0.378 e. The van der Waals surface area contributed by atoms with Gasteiger partial charge in [-0.15, -0.1) is 0 Å². The maximum atomic E-state index is 3.99. The number of hydrogen-bond donors (Lipinski definition) is 1. The highest BCUT2D eigenvalue weighted by Gasteiger charge is 2.16. The van der Waals surface area contributed by atoms with Crippen molar-refractivity contribution < 1.29 is 0 Å². The minimum atomic E-state index is 0.467. The number of hydrogen-bond acceptors (Lipinski definition) is 1. The third-order valence-electron chi connectivity index (χ3n) is 2.64. The fraction of sp³-hybridized carbons (Fsp3) is 0.333. The molecule has 1 nitrogen and oxygen atoms in total. The summed E-state index contributed by atoms with van der Waals surface area (Å²) in [5.74, 6) is 0. The van der Waals surface area contributed by atoms with Crippen molar-refractivity contribution in [1.82, 2.24) is 0 Å². The molecule has 1 N–H and O–H groups in total. The second-order valence-corrected chi connectivity index (χ2v) is 3.74. The van der Waals surface area contributed by atoms with Gasteiger partial charge < -0.3 is 5.32 Å². The van der Waals surface area contributed by atoms with Crippen molar-refractivity contribution in [3.05, 3.63) is 42.0 Å². The lowest BCUT2D eigenvalue weighted by atomic mass is 9.95. The lowest BCUT2D eigenvalue weighted by molar-refractivity contribution is 0.703. The molecular weight excluding hydrogens is 158 g/mol. The first-order valence-corrected chi connectivity index (χ1v) is 4.77. The maximum absolute atomic E-state index is 3.99. The normalized spacial score (nSPS) is 20.2. The Morgan fingerprint density at radius 2 is 2.23 bits per heavy atom. The van der Waals surface area contributed by atoms with Crippen LogP contribution >= 0.6 is 0 Å². The van der Waals surface area contributed by atoms with Gasteiger partial charge in [0.05, 0.1) is 0 Å². The molecule has 0 unspecified atom stereocenters. The Morgan fingerprint density at radius 1 is 1.46 bits per heavy atom. The molecule has 0 radical (unpaired) electrons. The van der Waals surface area contributed by atoms with Gasteiger partial charge in [0.2, 0.25) is 0 Å². The smallest absolute Gasteiger partial charge is 0.0471 e. The van der Waals surface area contributed by atoms with Crippen LogP contribution in [0.25, 0.3) is 0 Å². The Balaban J connectivity index is 2.24. The van der Waals surface area contributed by atoms with Crippen LogP contribution in [0.1, 0.15) is 18.9 Å². The Hall–Kier alpha value is -1.24. The molecule has 0 amide bonds. The average Bonchev–Trinajstić information content (AvgIpc) is 2.17. The van der Waals surface area contributed by atoms with E-state index in [0.29, 0.717) is 6.04 Å². The highest BCUT2D eigenvalue weighted by Crippen LogP contribution is 2.26. The lowest BCUT2D eigenvalue weighted by Crippen LogP contribution is -2.25. The van der Waals surface area contributed by atoms with Gasteiger partial charge in [-0.25, -0.2) is 0 Å². The third kappa shape index (κ3) is 1.59. The molecule has 0 saturated carbocycles. The number of para-hydroxylation sites is 1. The van der Waals surface area contributed by atoms with Crippen molar-refractivity contribution >= 4 is 5.69 Å². The molecule has 0 aliphatic carbocycles. The molecular formula is C12H15N. The van der Waals surface area contributed by atoms with Crippen molar-refractivity contribution in [2.75, 3.05) is 5.32 Å². The molecule has 1 aromatic carbocycles. The van der Waals surface area contributed by atoms with Gasteiger partial charge in [0.1, 0.15) is 0 Å². The van der Waals surface area contributed by atoms with E-state index in [2.05, 4.69) is 43.1 Å². The van der Waals surface area contributed by atoms with Gasteiger partial charge in [0.15, 0.2) is 0 Å². The van der Waals surface area contributed by atoms with E-state index in [1.807, 2.05) is 0 Å². The fourth-order valence-electron chi connectivity index (χ4n) is 1.81. The van der Waals surface area contributed by atoms with Crippen molar-refractivity contribution in [3.63, 3.8) is 0 Å². The number of nitrogens with one attached hydrogen (secondary N) is 1. The second kappa shape index (κ2) is 3.25. The first-order valence-electron chi connectivity index (χ1n) is 4.77. The molecule has 0 bridgehead atoms. The number of aryl methyl sites for hydroxylation is 1. The zero-order valence-electron chi connectivity index (χ0n) is 8.01. The zero-order valence-corrected chi connectivity index (χ0v) is 8.01. The Kier molecular flexibility index (Phi) is 2.09. The molecule has 1 aliphatic rings. The van der Waals surface area contributed by atoms with E-state index in [4.69, 9.17) is 0 Å². The summed E-state index contributed by atoms with van der Waals surface area (Å²) < 4.78 is 0. The molecule has 0 spiro atoms. The number of fused-ring (bicyclic) bond motifs is 1. The van der Waals surface area contributed by atoms with Crippen LogP contribution in [0.4, 0.5) is 5.69 Å². The van der Waals surface area contributed by atoms with Crippen molar-refractivity contribution in [3.8, 4) is 0 Å². The van der Waals surface area contributed by atoms with E-state index < -0.39 is 0 Å². The van der Waals surface area contributed by atoms with E-state index in [1.54, 1.807) is 0 Å². The summed E-state index contributed by atoms with van der Waals surface area (Å²) >= 11 is 0. The molecule has 1 heteroatoms. The minimum absolute atomic E-state index is 0.467. The highest BCUT2D eigenvalue weighted by molar-refractivity contribution is 5.55. The van der Waals surface area contributed by atoms with Crippen LogP contribution in [0.5, 0.6) is 0 Å². The molecule has 1 aliphatic heterocycles. The number of benzene rings is 1. The van der Waals surface area contributed by atoms with Crippen LogP contribution in [-0.2, 0) is 6.42 Å². The fourth-order valence-corrected chi connectivity index (χ4v) is 1.81. The molecule has 68 valence electrons. The number of anilines is 1. The van der Waals surface area contributed by atoms with Crippen LogP contribution in [0, 0.1) is 0 Å². The van der Waals surface area contributed by atoms with Gasteiger partial charge in [-0.3, -0.25) is 0 Å². The largest absolute Gasteiger partial charge is 0.378 e. The number of rotatable bonds is 1. The van der Waals surface area contributed by atoms with Crippen molar-refractivity contribution in [2.24, 2.45) is 0 Å². The predicted octanol–water partition coefficient (Wildman–Crippen LogP) is 2.99. The summed E-state index contributed by atoms with van der Waals surface area (Å²) in [6.07, 6.45) is 2.34. The average molecular weight is 173 g/mol. The van der Waals surface area contributed by atoms with Crippen LogP contribution in [0.2, 0.25) is 0 Å². The van der Waals surface area contributed by atoms with Gasteiger partial charge >= 0.3 is 0 Å². The Labute approximate surface area is 79.5 Å². The topological polar surface area (TPSA) is 12.0 Å². The molecule has 0 fully saturated rings. The van der Waals surface area contributed by atoms with E-state index in [-0.39, 0.29) is 0 Å². The molecule has 13 heavy (non-hydrogen) atoms. The first kappa shape index (κ1) is 8.36. The third-order valence-corrected chi connectivity index (χ3v) is 2.64. The standard InChI is InChI=1S/C12H15N/c1-9(2)11-8-7-10-5-3-4-6-12(10)13-11/h3-6,11,13H,1,7-8H2,2H3/t11-/m1/s1. The summed E-state index contributed by atoms with van der Waals surface area (Å²) in [5.41, 5.74) is 3.94. The van der Waals surface area contributed by atoms with Gasteiger partial charge in [-0.05, 0) is 31.4 Å². The first-order chi connectivity index (χ1) is 6.27. The summed E-state index contributed by atoms with van der Waals surface area (Å²) in [5, 5.41) is 3.50. The monoisotopic (exact) mass is 173 g/mol. The van der Waals surface area contributed by atoms with Crippen molar-refractivity contribution in [1.29, 1.82) is 0 Å². The van der Waals surface area contributed by atoms with E-state index in [0.717, 1.165) is 0 Å². The maximum Gasteiger partial charge on any atom is 0.0471 e. The second-order valence-electron chi connectivity index (χ2n) is 3.74. The van der Waals surface area contributed by atoms with Crippen LogP contribution in [0.3, 0.4) is 0 Å². The quantitative estimate of drug-likeness (QED) is 0.644.